The number of hydrogen-bond acceptors (Lipinski definition) is 3. The number of carbonyl (C=O) groups excluding carboxylic acids is 1. The molecule has 1 amide bonds. The van der Waals surface area contributed by atoms with E-state index in [-0.39, 0.29) is 6.54 Å². The van der Waals surface area contributed by atoms with Gasteiger partial charge in [-0.25, -0.2) is 4.68 Å². The third-order valence-electron chi connectivity index (χ3n) is 2.09. The molecular weight excluding hydrogens is 222 g/mol. The van der Waals surface area contributed by atoms with Gasteiger partial charge in [0.15, 0.2) is 0 Å². The standard InChI is InChI=1S/C11H9N3OS/c1-2-4-14-10(11(12)15)6-9(13-14)8-3-5-16-7-8/h1,3,5-7H,4H2,(H2,12,15). The number of rotatable bonds is 3. The molecule has 0 aliphatic rings. The summed E-state index contributed by atoms with van der Waals surface area (Å²) in [5.41, 5.74) is 7.25. The lowest BCUT2D eigenvalue weighted by atomic mass is 10.2. The Balaban J connectivity index is 2.47. The van der Waals surface area contributed by atoms with Gasteiger partial charge in [0.05, 0.1) is 5.69 Å². The van der Waals surface area contributed by atoms with E-state index in [0.29, 0.717) is 11.4 Å². The second kappa shape index (κ2) is 4.21. The largest absolute Gasteiger partial charge is 0.364 e. The maximum absolute atomic E-state index is 11.2. The summed E-state index contributed by atoms with van der Waals surface area (Å²) >= 11 is 1.57. The number of amides is 1. The van der Waals surface area contributed by atoms with Crippen LogP contribution in [-0.2, 0) is 6.54 Å². The molecule has 0 unspecified atom stereocenters. The number of terminal acetylenes is 1. The third kappa shape index (κ3) is 1.83. The molecule has 2 heterocycles. The molecule has 2 aromatic heterocycles. The molecule has 0 spiro atoms. The molecule has 0 aliphatic heterocycles. The smallest absolute Gasteiger partial charge is 0.267 e. The van der Waals surface area contributed by atoms with Gasteiger partial charge >= 0.3 is 0 Å². The maximum Gasteiger partial charge on any atom is 0.267 e. The van der Waals surface area contributed by atoms with Crippen LogP contribution in [0.1, 0.15) is 10.5 Å². The first-order valence-electron chi connectivity index (χ1n) is 4.56. The van der Waals surface area contributed by atoms with Gasteiger partial charge in [0.25, 0.3) is 5.91 Å². The van der Waals surface area contributed by atoms with Crippen LogP contribution in [0.3, 0.4) is 0 Å². The predicted molar refractivity (Wildman–Crippen MR) is 62.9 cm³/mol. The van der Waals surface area contributed by atoms with Gasteiger partial charge in [-0.05, 0) is 17.5 Å². The number of primary amides is 1. The van der Waals surface area contributed by atoms with Gasteiger partial charge in [-0.1, -0.05) is 5.92 Å². The van der Waals surface area contributed by atoms with Crippen molar-refractivity contribution in [3.8, 4) is 23.6 Å². The van der Waals surface area contributed by atoms with E-state index in [1.807, 2.05) is 16.8 Å². The summed E-state index contributed by atoms with van der Waals surface area (Å²) in [6.45, 7) is 0.239. The van der Waals surface area contributed by atoms with E-state index in [9.17, 15) is 4.79 Å². The number of aromatic nitrogens is 2. The topological polar surface area (TPSA) is 60.9 Å². The molecule has 0 fully saturated rings. The number of carbonyl (C=O) groups is 1. The van der Waals surface area contributed by atoms with E-state index in [2.05, 4.69) is 11.0 Å². The Morgan fingerprint density at radius 3 is 3.06 bits per heavy atom. The summed E-state index contributed by atoms with van der Waals surface area (Å²) in [4.78, 5) is 11.2. The van der Waals surface area contributed by atoms with Crippen molar-refractivity contribution in [1.82, 2.24) is 9.78 Å². The van der Waals surface area contributed by atoms with Crippen LogP contribution < -0.4 is 5.73 Å². The number of nitrogens with two attached hydrogens (primary N) is 1. The summed E-state index contributed by atoms with van der Waals surface area (Å²) in [5, 5.41) is 8.14. The van der Waals surface area contributed by atoms with Crippen molar-refractivity contribution in [2.24, 2.45) is 5.73 Å². The molecule has 0 bridgehead atoms. The van der Waals surface area contributed by atoms with Gasteiger partial charge < -0.3 is 5.73 Å². The molecule has 0 aromatic carbocycles. The lowest BCUT2D eigenvalue weighted by Crippen LogP contribution is -2.17. The molecule has 5 heteroatoms. The Labute approximate surface area is 96.7 Å². The van der Waals surface area contributed by atoms with Crippen molar-refractivity contribution in [3.63, 3.8) is 0 Å². The average Bonchev–Trinajstić information content (AvgIpc) is 2.83. The van der Waals surface area contributed by atoms with Crippen molar-refractivity contribution >= 4 is 17.2 Å². The first-order chi connectivity index (χ1) is 7.72. The maximum atomic E-state index is 11.2. The van der Waals surface area contributed by atoms with Gasteiger partial charge in [0, 0.05) is 10.9 Å². The lowest BCUT2D eigenvalue weighted by molar-refractivity contribution is 0.0991. The highest BCUT2D eigenvalue weighted by atomic mass is 32.1. The van der Waals surface area contributed by atoms with Gasteiger partial charge in [-0.2, -0.15) is 16.4 Å². The fourth-order valence-electron chi connectivity index (χ4n) is 1.37. The Hall–Kier alpha value is -2.06. The minimum absolute atomic E-state index is 0.239. The second-order valence-electron chi connectivity index (χ2n) is 3.15. The minimum atomic E-state index is -0.524. The quantitative estimate of drug-likeness (QED) is 0.810. The van der Waals surface area contributed by atoms with Crippen LogP contribution in [-0.4, -0.2) is 15.7 Å². The van der Waals surface area contributed by atoms with E-state index in [1.165, 1.54) is 4.68 Å². The lowest BCUT2D eigenvalue weighted by Gasteiger charge is -1.97. The molecule has 2 N–H and O–H groups in total. The Kier molecular flexibility index (Phi) is 2.75. The zero-order chi connectivity index (χ0) is 11.5. The molecular formula is C11H9N3OS. The zero-order valence-corrected chi connectivity index (χ0v) is 9.20. The minimum Gasteiger partial charge on any atom is -0.364 e. The van der Waals surface area contributed by atoms with Crippen molar-refractivity contribution in [1.29, 1.82) is 0 Å². The van der Waals surface area contributed by atoms with Crippen LogP contribution in [0.5, 0.6) is 0 Å². The third-order valence-corrected chi connectivity index (χ3v) is 2.77. The van der Waals surface area contributed by atoms with Gasteiger partial charge in [0.1, 0.15) is 12.2 Å². The van der Waals surface area contributed by atoms with Crippen molar-refractivity contribution in [3.05, 3.63) is 28.6 Å². The molecule has 16 heavy (non-hydrogen) atoms. The van der Waals surface area contributed by atoms with Crippen molar-refractivity contribution < 1.29 is 4.79 Å². The van der Waals surface area contributed by atoms with Gasteiger partial charge in [0.2, 0.25) is 0 Å². The molecule has 0 saturated heterocycles. The van der Waals surface area contributed by atoms with E-state index in [1.54, 1.807) is 17.4 Å². The summed E-state index contributed by atoms with van der Waals surface area (Å²) in [5.74, 6) is 1.91. The number of thiophene rings is 1. The predicted octanol–water partition coefficient (Wildman–Crippen LogP) is 1.34. The SMILES string of the molecule is C#CCn1nc(-c2ccsc2)cc1C(N)=O. The summed E-state index contributed by atoms with van der Waals surface area (Å²) in [6.07, 6.45) is 5.20. The highest BCUT2D eigenvalue weighted by Gasteiger charge is 2.13. The Morgan fingerprint density at radius 1 is 1.69 bits per heavy atom. The monoisotopic (exact) mass is 231 g/mol. The number of hydrogen-bond donors (Lipinski definition) is 1. The second-order valence-corrected chi connectivity index (χ2v) is 3.93. The summed E-state index contributed by atoms with van der Waals surface area (Å²) in [6, 6.07) is 3.58. The summed E-state index contributed by atoms with van der Waals surface area (Å²) < 4.78 is 1.44. The van der Waals surface area contributed by atoms with Crippen LogP contribution in [0.15, 0.2) is 22.9 Å². The van der Waals surface area contributed by atoms with E-state index in [0.717, 1.165) is 5.56 Å². The van der Waals surface area contributed by atoms with Crippen molar-refractivity contribution in [2.75, 3.05) is 0 Å². The fraction of sp³-hybridized carbons (Fsp3) is 0.0909. The average molecular weight is 231 g/mol. The molecule has 0 atom stereocenters. The highest BCUT2D eigenvalue weighted by molar-refractivity contribution is 7.08. The van der Waals surface area contributed by atoms with E-state index in [4.69, 9.17) is 12.2 Å². The Morgan fingerprint density at radius 2 is 2.50 bits per heavy atom. The highest BCUT2D eigenvalue weighted by Crippen LogP contribution is 2.21. The summed E-state index contributed by atoms with van der Waals surface area (Å²) in [7, 11) is 0. The molecule has 2 aromatic rings. The Bertz CT molecular complexity index is 548. The van der Waals surface area contributed by atoms with Crippen LogP contribution in [0.4, 0.5) is 0 Å². The van der Waals surface area contributed by atoms with Crippen LogP contribution >= 0.6 is 11.3 Å². The van der Waals surface area contributed by atoms with Crippen molar-refractivity contribution in [2.45, 2.75) is 6.54 Å². The van der Waals surface area contributed by atoms with Gasteiger partial charge in [-0.3, -0.25) is 4.79 Å². The molecule has 0 saturated carbocycles. The first-order valence-corrected chi connectivity index (χ1v) is 5.50. The first kappa shape index (κ1) is 10.5. The molecule has 4 nitrogen and oxygen atoms in total. The van der Waals surface area contributed by atoms with Crippen LogP contribution in [0.25, 0.3) is 11.3 Å². The molecule has 2 rings (SSSR count). The normalized spacial score (nSPS) is 9.94. The molecule has 0 radical (unpaired) electrons. The molecule has 80 valence electrons. The van der Waals surface area contributed by atoms with E-state index >= 15 is 0 Å². The number of nitrogens with zero attached hydrogens (tertiary/aromatic N) is 2. The van der Waals surface area contributed by atoms with E-state index < -0.39 is 5.91 Å². The van der Waals surface area contributed by atoms with Crippen LogP contribution in [0, 0.1) is 12.3 Å². The fourth-order valence-corrected chi connectivity index (χ4v) is 2.02. The van der Waals surface area contributed by atoms with Gasteiger partial charge in [-0.15, -0.1) is 6.42 Å². The molecule has 0 aliphatic carbocycles. The van der Waals surface area contributed by atoms with Crippen LogP contribution in [0.2, 0.25) is 0 Å². The zero-order valence-electron chi connectivity index (χ0n) is 8.38.